The molecule has 0 aliphatic rings. The van der Waals surface area contributed by atoms with Gasteiger partial charge in [0.2, 0.25) is 0 Å². The molecule has 0 atom stereocenters. The summed E-state index contributed by atoms with van der Waals surface area (Å²) < 4.78 is 19.2. The summed E-state index contributed by atoms with van der Waals surface area (Å²) in [5.41, 5.74) is 0.881. The summed E-state index contributed by atoms with van der Waals surface area (Å²) in [4.78, 5) is 0. The van der Waals surface area contributed by atoms with E-state index in [1.807, 2.05) is 0 Å². The molecule has 0 saturated heterocycles. The maximum Gasteiger partial charge on any atom is 0.148 e. The standard InChI is InChI=1S/C14H11Cl2FO2/c15-11-5-2-4-10(13(11)17)8-19-14-9(7-18)3-1-6-12(14)16/h1-6,18H,7-8H2. The topological polar surface area (TPSA) is 29.5 Å². The van der Waals surface area contributed by atoms with E-state index in [-0.39, 0.29) is 18.2 Å². The van der Waals surface area contributed by atoms with E-state index in [0.717, 1.165) is 0 Å². The van der Waals surface area contributed by atoms with Crippen molar-refractivity contribution in [1.29, 1.82) is 0 Å². The molecule has 0 aromatic heterocycles. The highest BCUT2D eigenvalue weighted by atomic mass is 35.5. The third-order valence-electron chi connectivity index (χ3n) is 2.62. The number of rotatable bonds is 4. The number of benzene rings is 2. The Balaban J connectivity index is 2.21. The lowest BCUT2D eigenvalue weighted by atomic mass is 10.2. The fourth-order valence-corrected chi connectivity index (χ4v) is 2.09. The Morgan fingerprint density at radius 1 is 1.00 bits per heavy atom. The van der Waals surface area contributed by atoms with E-state index in [1.165, 1.54) is 6.07 Å². The van der Waals surface area contributed by atoms with Crippen molar-refractivity contribution < 1.29 is 14.2 Å². The molecule has 100 valence electrons. The summed E-state index contributed by atoms with van der Waals surface area (Å²) in [5.74, 6) is -0.159. The van der Waals surface area contributed by atoms with Crippen molar-refractivity contribution in [2.24, 2.45) is 0 Å². The van der Waals surface area contributed by atoms with Crippen LogP contribution in [0.4, 0.5) is 4.39 Å². The molecule has 0 amide bonds. The van der Waals surface area contributed by atoms with Gasteiger partial charge in [-0.15, -0.1) is 0 Å². The van der Waals surface area contributed by atoms with Crippen molar-refractivity contribution >= 4 is 23.2 Å². The molecule has 0 spiro atoms. The van der Waals surface area contributed by atoms with Crippen LogP contribution in [-0.4, -0.2) is 5.11 Å². The van der Waals surface area contributed by atoms with Crippen molar-refractivity contribution in [1.82, 2.24) is 0 Å². The number of ether oxygens (including phenoxy) is 1. The monoisotopic (exact) mass is 300 g/mol. The first-order valence-electron chi connectivity index (χ1n) is 5.57. The minimum Gasteiger partial charge on any atom is -0.487 e. The molecule has 2 aromatic carbocycles. The molecule has 0 fully saturated rings. The second-order valence-electron chi connectivity index (χ2n) is 3.89. The highest BCUT2D eigenvalue weighted by molar-refractivity contribution is 6.32. The van der Waals surface area contributed by atoms with E-state index in [2.05, 4.69) is 0 Å². The first-order chi connectivity index (χ1) is 9.13. The Morgan fingerprint density at radius 3 is 2.32 bits per heavy atom. The number of hydrogen-bond donors (Lipinski definition) is 1. The predicted molar refractivity (Wildman–Crippen MR) is 73.1 cm³/mol. The summed E-state index contributed by atoms with van der Waals surface area (Å²) >= 11 is 11.7. The summed E-state index contributed by atoms with van der Waals surface area (Å²) in [5, 5.41) is 9.62. The largest absolute Gasteiger partial charge is 0.487 e. The van der Waals surface area contributed by atoms with Crippen molar-refractivity contribution in [3.8, 4) is 5.75 Å². The van der Waals surface area contributed by atoms with Crippen LogP contribution in [0.2, 0.25) is 10.0 Å². The zero-order valence-corrected chi connectivity index (χ0v) is 11.4. The molecule has 0 unspecified atom stereocenters. The Bertz CT molecular complexity index is 588. The van der Waals surface area contributed by atoms with Crippen LogP contribution in [0.15, 0.2) is 36.4 Å². The van der Waals surface area contributed by atoms with Crippen molar-refractivity contribution in [2.75, 3.05) is 0 Å². The lowest BCUT2D eigenvalue weighted by molar-refractivity contribution is 0.257. The number of hydrogen-bond acceptors (Lipinski definition) is 2. The molecular formula is C14H11Cl2FO2. The van der Waals surface area contributed by atoms with Crippen LogP contribution in [0.5, 0.6) is 5.75 Å². The van der Waals surface area contributed by atoms with Crippen LogP contribution >= 0.6 is 23.2 Å². The number of halogens is 3. The first-order valence-corrected chi connectivity index (χ1v) is 6.33. The fraction of sp³-hybridized carbons (Fsp3) is 0.143. The van der Waals surface area contributed by atoms with Gasteiger partial charge < -0.3 is 9.84 Å². The zero-order chi connectivity index (χ0) is 13.8. The van der Waals surface area contributed by atoms with Gasteiger partial charge in [0.05, 0.1) is 16.7 Å². The molecule has 19 heavy (non-hydrogen) atoms. The summed E-state index contributed by atoms with van der Waals surface area (Å²) in [7, 11) is 0. The second-order valence-corrected chi connectivity index (χ2v) is 4.70. The molecule has 2 rings (SSSR count). The van der Waals surface area contributed by atoms with E-state index in [4.69, 9.17) is 27.9 Å². The summed E-state index contributed by atoms with van der Waals surface area (Å²) in [6, 6.07) is 9.73. The van der Waals surface area contributed by atoms with Crippen LogP contribution in [0.25, 0.3) is 0 Å². The molecule has 0 heterocycles. The third-order valence-corrected chi connectivity index (χ3v) is 3.21. The minimum atomic E-state index is -0.512. The smallest absolute Gasteiger partial charge is 0.148 e. The molecule has 2 nitrogen and oxygen atoms in total. The number of para-hydroxylation sites is 1. The highest BCUT2D eigenvalue weighted by Gasteiger charge is 2.11. The van der Waals surface area contributed by atoms with E-state index in [9.17, 15) is 9.50 Å². The molecule has 5 heteroatoms. The van der Waals surface area contributed by atoms with Crippen LogP contribution in [-0.2, 0) is 13.2 Å². The molecule has 2 aromatic rings. The predicted octanol–water partition coefficient (Wildman–Crippen LogP) is 4.20. The molecule has 0 radical (unpaired) electrons. The summed E-state index contributed by atoms with van der Waals surface area (Å²) in [6.45, 7) is -0.211. The van der Waals surface area contributed by atoms with E-state index in [1.54, 1.807) is 30.3 Å². The van der Waals surface area contributed by atoms with Crippen LogP contribution < -0.4 is 4.74 Å². The van der Waals surface area contributed by atoms with Gasteiger partial charge in [-0.2, -0.15) is 0 Å². The van der Waals surface area contributed by atoms with Gasteiger partial charge in [0, 0.05) is 11.1 Å². The van der Waals surface area contributed by atoms with Gasteiger partial charge in [0.25, 0.3) is 0 Å². The summed E-state index contributed by atoms with van der Waals surface area (Å²) in [6.07, 6.45) is 0. The Labute approximate surface area is 120 Å². The molecule has 0 aliphatic carbocycles. The van der Waals surface area contributed by atoms with Gasteiger partial charge in [-0.1, -0.05) is 47.5 Å². The fourth-order valence-electron chi connectivity index (χ4n) is 1.65. The highest BCUT2D eigenvalue weighted by Crippen LogP contribution is 2.30. The van der Waals surface area contributed by atoms with Crippen LogP contribution in [0.3, 0.4) is 0 Å². The quantitative estimate of drug-likeness (QED) is 0.917. The van der Waals surface area contributed by atoms with Gasteiger partial charge in [-0.3, -0.25) is 0 Å². The average molecular weight is 301 g/mol. The number of aliphatic hydroxyl groups is 1. The second kappa shape index (κ2) is 6.24. The molecular weight excluding hydrogens is 290 g/mol. The molecule has 0 bridgehead atoms. The molecule has 0 saturated carbocycles. The van der Waals surface area contributed by atoms with E-state index < -0.39 is 5.82 Å². The van der Waals surface area contributed by atoms with Gasteiger partial charge >= 0.3 is 0 Å². The average Bonchev–Trinajstić information content (AvgIpc) is 2.41. The van der Waals surface area contributed by atoms with E-state index in [0.29, 0.717) is 21.9 Å². The Morgan fingerprint density at radius 2 is 1.63 bits per heavy atom. The normalized spacial score (nSPS) is 10.5. The van der Waals surface area contributed by atoms with Crippen LogP contribution in [0.1, 0.15) is 11.1 Å². The van der Waals surface area contributed by atoms with Gasteiger partial charge in [0.15, 0.2) is 0 Å². The Kier molecular flexibility index (Phi) is 4.64. The number of aliphatic hydroxyl groups excluding tert-OH is 1. The maximum atomic E-state index is 13.7. The lowest BCUT2D eigenvalue weighted by Gasteiger charge is -2.12. The first kappa shape index (κ1) is 14.1. The molecule has 0 aliphatic heterocycles. The van der Waals surface area contributed by atoms with Gasteiger partial charge in [-0.25, -0.2) is 4.39 Å². The zero-order valence-electron chi connectivity index (χ0n) is 9.87. The van der Waals surface area contributed by atoms with Crippen LogP contribution in [0, 0.1) is 5.82 Å². The van der Waals surface area contributed by atoms with Gasteiger partial charge in [0.1, 0.15) is 18.2 Å². The van der Waals surface area contributed by atoms with Crippen molar-refractivity contribution in [3.05, 3.63) is 63.4 Å². The molecule has 1 N–H and O–H groups in total. The van der Waals surface area contributed by atoms with E-state index >= 15 is 0 Å². The van der Waals surface area contributed by atoms with Crippen molar-refractivity contribution in [3.63, 3.8) is 0 Å². The minimum absolute atomic E-state index is 0.0108. The van der Waals surface area contributed by atoms with Crippen molar-refractivity contribution in [2.45, 2.75) is 13.2 Å². The lowest BCUT2D eigenvalue weighted by Crippen LogP contribution is -2.01. The van der Waals surface area contributed by atoms with Gasteiger partial charge in [-0.05, 0) is 12.1 Å². The third kappa shape index (κ3) is 3.18. The maximum absolute atomic E-state index is 13.7. The SMILES string of the molecule is OCc1cccc(Cl)c1OCc1cccc(Cl)c1F. The Hall–Kier alpha value is -1.29.